The first-order valence-electron chi connectivity index (χ1n) is 7.04. The Morgan fingerprint density at radius 3 is 2.85 bits per heavy atom. The van der Waals surface area contributed by atoms with Gasteiger partial charge in [-0.1, -0.05) is 15.9 Å². The predicted molar refractivity (Wildman–Crippen MR) is 81.1 cm³/mol. The minimum absolute atomic E-state index is 0.348. The van der Waals surface area contributed by atoms with Crippen LogP contribution < -0.4 is 4.90 Å². The van der Waals surface area contributed by atoms with Gasteiger partial charge in [-0.05, 0) is 30.7 Å². The Morgan fingerprint density at radius 2 is 2.15 bits per heavy atom. The van der Waals surface area contributed by atoms with E-state index in [1.165, 1.54) is 0 Å². The third kappa shape index (κ3) is 2.72. The van der Waals surface area contributed by atoms with Crippen molar-refractivity contribution in [2.75, 3.05) is 37.9 Å². The van der Waals surface area contributed by atoms with Gasteiger partial charge in [-0.3, -0.25) is 0 Å². The second kappa shape index (κ2) is 5.64. The highest BCUT2D eigenvalue weighted by molar-refractivity contribution is 9.10. The van der Waals surface area contributed by atoms with Gasteiger partial charge < -0.3 is 19.5 Å². The van der Waals surface area contributed by atoms with Crippen molar-refractivity contribution in [2.45, 2.75) is 25.0 Å². The van der Waals surface area contributed by atoms with Crippen molar-refractivity contribution >= 4 is 21.6 Å². The summed E-state index contributed by atoms with van der Waals surface area (Å²) in [6.45, 7) is 5.53. The Hall–Kier alpha value is -0.620. The van der Waals surface area contributed by atoms with Crippen LogP contribution in [0.1, 0.15) is 18.9 Å². The molecule has 0 amide bonds. The van der Waals surface area contributed by atoms with E-state index >= 15 is 0 Å². The molecule has 0 saturated carbocycles. The maximum atomic E-state index is 10.7. The van der Waals surface area contributed by atoms with Gasteiger partial charge in [0, 0.05) is 35.8 Å². The SMILES string of the molecule is C[C@@H]1COCCN1c1cc(Br)cc(C2(O)CCOC2)c1. The monoisotopic (exact) mass is 341 g/mol. The molecule has 0 bridgehead atoms. The summed E-state index contributed by atoms with van der Waals surface area (Å²) in [5.41, 5.74) is 1.21. The first kappa shape index (κ1) is 14.3. The van der Waals surface area contributed by atoms with Gasteiger partial charge >= 0.3 is 0 Å². The van der Waals surface area contributed by atoms with E-state index in [1.54, 1.807) is 0 Å². The third-order valence-electron chi connectivity index (χ3n) is 4.12. The molecule has 20 heavy (non-hydrogen) atoms. The second-order valence-electron chi connectivity index (χ2n) is 5.65. The summed E-state index contributed by atoms with van der Waals surface area (Å²) in [7, 11) is 0. The lowest BCUT2D eigenvalue weighted by Crippen LogP contribution is -2.43. The maximum Gasteiger partial charge on any atom is 0.115 e. The lowest BCUT2D eigenvalue weighted by Gasteiger charge is -2.36. The fourth-order valence-electron chi connectivity index (χ4n) is 2.90. The summed E-state index contributed by atoms with van der Waals surface area (Å²) in [6, 6.07) is 6.52. The molecule has 3 rings (SSSR count). The molecule has 1 aromatic carbocycles. The summed E-state index contributed by atoms with van der Waals surface area (Å²) in [6.07, 6.45) is 0.654. The summed E-state index contributed by atoms with van der Waals surface area (Å²) in [4.78, 5) is 2.33. The van der Waals surface area contributed by atoms with Crippen molar-refractivity contribution in [1.82, 2.24) is 0 Å². The highest BCUT2D eigenvalue weighted by atomic mass is 79.9. The molecule has 2 fully saturated rings. The van der Waals surface area contributed by atoms with Crippen molar-refractivity contribution in [1.29, 1.82) is 0 Å². The zero-order chi connectivity index (χ0) is 14.2. The van der Waals surface area contributed by atoms with E-state index in [0.29, 0.717) is 25.7 Å². The Bertz CT molecular complexity index is 488. The molecule has 1 unspecified atom stereocenters. The van der Waals surface area contributed by atoms with E-state index in [4.69, 9.17) is 9.47 Å². The van der Waals surface area contributed by atoms with E-state index in [-0.39, 0.29) is 0 Å². The molecule has 0 aliphatic carbocycles. The zero-order valence-electron chi connectivity index (χ0n) is 11.6. The van der Waals surface area contributed by atoms with Gasteiger partial charge in [0.15, 0.2) is 0 Å². The summed E-state index contributed by atoms with van der Waals surface area (Å²) in [5, 5.41) is 10.7. The number of benzene rings is 1. The largest absolute Gasteiger partial charge is 0.383 e. The zero-order valence-corrected chi connectivity index (χ0v) is 13.2. The third-order valence-corrected chi connectivity index (χ3v) is 4.58. The maximum absolute atomic E-state index is 10.7. The molecule has 4 nitrogen and oxygen atoms in total. The normalized spacial score (nSPS) is 30.8. The molecule has 5 heteroatoms. The summed E-state index contributed by atoms with van der Waals surface area (Å²) < 4.78 is 11.8. The number of hydrogen-bond acceptors (Lipinski definition) is 4. The highest BCUT2D eigenvalue weighted by Crippen LogP contribution is 2.35. The van der Waals surface area contributed by atoms with Crippen molar-refractivity contribution < 1.29 is 14.6 Å². The molecule has 1 N–H and O–H groups in total. The summed E-state index contributed by atoms with van der Waals surface area (Å²) in [5.74, 6) is 0. The minimum atomic E-state index is -0.853. The van der Waals surface area contributed by atoms with Crippen LogP contribution >= 0.6 is 15.9 Å². The van der Waals surface area contributed by atoms with Crippen LogP contribution in [-0.4, -0.2) is 44.1 Å². The molecule has 2 atom stereocenters. The number of halogens is 1. The molecular formula is C15H20BrNO3. The van der Waals surface area contributed by atoms with E-state index in [1.807, 2.05) is 6.07 Å². The van der Waals surface area contributed by atoms with Crippen molar-refractivity contribution in [3.63, 3.8) is 0 Å². The fraction of sp³-hybridized carbons (Fsp3) is 0.600. The molecule has 0 aromatic heterocycles. The smallest absolute Gasteiger partial charge is 0.115 e. The Kier molecular flexibility index (Phi) is 4.04. The van der Waals surface area contributed by atoms with Crippen LogP contribution in [0, 0.1) is 0 Å². The van der Waals surface area contributed by atoms with Crippen LogP contribution in [-0.2, 0) is 15.1 Å². The van der Waals surface area contributed by atoms with Gasteiger partial charge in [-0.15, -0.1) is 0 Å². The number of hydrogen-bond donors (Lipinski definition) is 1. The molecule has 2 aliphatic rings. The Morgan fingerprint density at radius 1 is 1.30 bits per heavy atom. The summed E-state index contributed by atoms with van der Waals surface area (Å²) >= 11 is 3.56. The van der Waals surface area contributed by atoms with Crippen LogP contribution in [0.2, 0.25) is 0 Å². The van der Waals surface area contributed by atoms with Crippen LogP contribution in [0.25, 0.3) is 0 Å². The quantitative estimate of drug-likeness (QED) is 0.896. The number of morpholine rings is 1. The lowest BCUT2D eigenvalue weighted by atomic mass is 9.92. The van der Waals surface area contributed by atoms with Crippen LogP contribution in [0.5, 0.6) is 0 Å². The first-order valence-corrected chi connectivity index (χ1v) is 7.83. The van der Waals surface area contributed by atoms with Gasteiger partial charge in [-0.2, -0.15) is 0 Å². The molecule has 2 saturated heterocycles. The Labute approximate surface area is 127 Å². The standard InChI is InChI=1S/C15H20BrNO3/c1-11-9-19-5-3-17(11)14-7-12(6-13(16)8-14)15(18)2-4-20-10-15/h6-8,11,18H,2-5,9-10H2,1H3/t11-,15?/m1/s1. The number of anilines is 1. The lowest BCUT2D eigenvalue weighted by molar-refractivity contribution is 0.0231. The highest BCUT2D eigenvalue weighted by Gasteiger charge is 2.35. The average molecular weight is 342 g/mol. The van der Waals surface area contributed by atoms with E-state index in [0.717, 1.165) is 35.5 Å². The first-order chi connectivity index (χ1) is 9.58. The number of nitrogens with zero attached hydrogens (tertiary/aromatic N) is 1. The minimum Gasteiger partial charge on any atom is -0.383 e. The predicted octanol–water partition coefficient (Wildman–Crippen LogP) is 2.28. The second-order valence-corrected chi connectivity index (χ2v) is 6.57. The fourth-order valence-corrected chi connectivity index (χ4v) is 3.38. The molecule has 0 radical (unpaired) electrons. The van der Waals surface area contributed by atoms with Crippen LogP contribution in [0.3, 0.4) is 0 Å². The van der Waals surface area contributed by atoms with Gasteiger partial charge in [0.2, 0.25) is 0 Å². The van der Waals surface area contributed by atoms with Gasteiger partial charge in [0.05, 0.1) is 19.8 Å². The molecule has 110 valence electrons. The molecule has 1 aromatic rings. The van der Waals surface area contributed by atoms with Crippen LogP contribution in [0.15, 0.2) is 22.7 Å². The average Bonchev–Trinajstić information content (AvgIpc) is 2.87. The van der Waals surface area contributed by atoms with Crippen LogP contribution in [0.4, 0.5) is 5.69 Å². The molecule has 0 spiro atoms. The van der Waals surface area contributed by atoms with Crippen molar-refractivity contribution in [3.05, 3.63) is 28.2 Å². The van der Waals surface area contributed by atoms with E-state index in [2.05, 4.69) is 39.9 Å². The van der Waals surface area contributed by atoms with E-state index in [9.17, 15) is 5.11 Å². The molecular weight excluding hydrogens is 322 g/mol. The van der Waals surface area contributed by atoms with Gasteiger partial charge in [-0.25, -0.2) is 0 Å². The van der Waals surface area contributed by atoms with Gasteiger partial charge in [0.25, 0.3) is 0 Å². The van der Waals surface area contributed by atoms with Crippen molar-refractivity contribution in [3.8, 4) is 0 Å². The van der Waals surface area contributed by atoms with Gasteiger partial charge in [0.1, 0.15) is 5.60 Å². The van der Waals surface area contributed by atoms with E-state index < -0.39 is 5.60 Å². The Balaban J connectivity index is 1.94. The number of rotatable bonds is 2. The number of ether oxygens (including phenoxy) is 2. The van der Waals surface area contributed by atoms with Crippen molar-refractivity contribution in [2.24, 2.45) is 0 Å². The topological polar surface area (TPSA) is 41.9 Å². The molecule has 2 aliphatic heterocycles. The molecule has 2 heterocycles. The number of aliphatic hydroxyl groups is 1.